The van der Waals surface area contributed by atoms with Gasteiger partial charge in [0.15, 0.2) is 0 Å². The number of morpholine rings is 1. The van der Waals surface area contributed by atoms with Crippen LogP contribution in [0.2, 0.25) is 0 Å². The van der Waals surface area contributed by atoms with E-state index in [0.717, 1.165) is 43.2 Å². The Hall–Kier alpha value is -2.83. The summed E-state index contributed by atoms with van der Waals surface area (Å²) in [6, 6.07) is 15.9. The Kier molecular flexibility index (Phi) is 4.60. The molecule has 0 aliphatic carbocycles. The Bertz CT molecular complexity index is 826. The first-order valence-corrected chi connectivity index (χ1v) is 8.79. The second-order valence-corrected chi connectivity index (χ2v) is 6.28. The molecule has 0 bridgehead atoms. The quantitative estimate of drug-likeness (QED) is 0.828. The monoisotopic (exact) mass is 350 g/mol. The van der Waals surface area contributed by atoms with Crippen LogP contribution < -0.4 is 20.9 Å². The van der Waals surface area contributed by atoms with Crippen molar-refractivity contribution >= 4 is 28.5 Å². The zero-order valence-corrected chi connectivity index (χ0v) is 14.5. The van der Waals surface area contributed by atoms with Gasteiger partial charge in [-0.25, -0.2) is 0 Å². The summed E-state index contributed by atoms with van der Waals surface area (Å²) in [4.78, 5) is 16.5. The first kappa shape index (κ1) is 16.6. The van der Waals surface area contributed by atoms with E-state index in [2.05, 4.69) is 22.3 Å². The zero-order chi connectivity index (χ0) is 17.9. The van der Waals surface area contributed by atoms with Crippen LogP contribution in [0.25, 0.3) is 5.57 Å². The first-order chi connectivity index (χ1) is 12.8. The van der Waals surface area contributed by atoms with Crippen LogP contribution in [-0.4, -0.2) is 38.9 Å². The van der Waals surface area contributed by atoms with Crippen LogP contribution in [0, 0.1) is 0 Å². The van der Waals surface area contributed by atoms with Crippen molar-refractivity contribution in [1.82, 2.24) is 0 Å². The van der Waals surface area contributed by atoms with E-state index in [1.54, 1.807) is 11.1 Å². The molecule has 2 aromatic rings. The molecule has 0 radical (unpaired) electrons. The van der Waals surface area contributed by atoms with Crippen molar-refractivity contribution in [3.8, 4) is 0 Å². The summed E-state index contributed by atoms with van der Waals surface area (Å²) in [7, 11) is 0. The summed E-state index contributed by atoms with van der Waals surface area (Å²) in [5.41, 5.74) is 10.2. The molecule has 26 heavy (non-hydrogen) atoms. The number of rotatable bonds is 4. The SMILES string of the molecule is NCN1C(=O)C(=CNc2ccc(N3CCOCC3)cc2)c2ccccc21. The van der Waals surface area contributed by atoms with Crippen LogP contribution in [-0.2, 0) is 9.53 Å². The molecule has 3 N–H and O–H groups in total. The molecule has 1 saturated heterocycles. The largest absolute Gasteiger partial charge is 0.378 e. The lowest BCUT2D eigenvalue weighted by molar-refractivity contribution is -0.113. The Labute approximate surface area is 152 Å². The third-order valence-corrected chi connectivity index (χ3v) is 4.77. The molecule has 6 heteroatoms. The van der Waals surface area contributed by atoms with Crippen molar-refractivity contribution in [2.24, 2.45) is 5.73 Å². The van der Waals surface area contributed by atoms with Gasteiger partial charge in [-0.1, -0.05) is 18.2 Å². The zero-order valence-electron chi connectivity index (χ0n) is 14.5. The number of fused-ring (bicyclic) bond motifs is 1. The Morgan fingerprint density at radius 1 is 1.08 bits per heavy atom. The molecule has 2 aromatic carbocycles. The van der Waals surface area contributed by atoms with Crippen LogP contribution in [0.4, 0.5) is 17.1 Å². The molecule has 0 aromatic heterocycles. The average molecular weight is 350 g/mol. The van der Waals surface area contributed by atoms with Crippen molar-refractivity contribution in [1.29, 1.82) is 0 Å². The van der Waals surface area contributed by atoms with Gasteiger partial charge >= 0.3 is 0 Å². The third-order valence-electron chi connectivity index (χ3n) is 4.77. The Morgan fingerprint density at radius 2 is 1.81 bits per heavy atom. The van der Waals surface area contributed by atoms with E-state index in [9.17, 15) is 4.79 Å². The van der Waals surface area contributed by atoms with Crippen molar-refractivity contribution < 1.29 is 9.53 Å². The number of carbonyl (C=O) groups is 1. The van der Waals surface area contributed by atoms with E-state index >= 15 is 0 Å². The van der Waals surface area contributed by atoms with Crippen molar-refractivity contribution in [3.05, 3.63) is 60.3 Å². The number of ether oxygens (including phenoxy) is 1. The van der Waals surface area contributed by atoms with Gasteiger partial charge in [-0.2, -0.15) is 0 Å². The molecule has 134 valence electrons. The lowest BCUT2D eigenvalue weighted by atomic mass is 10.1. The number of carbonyl (C=O) groups excluding carboxylic acids is 1. The van der Waals surface area contributed by atoms with Crippen molar-refractivity contribution in [3.63, 3.8) is 0 Å². The van der Waals surface area contributed by atoms with E-state index in [1.807, 2.05) is 36.4 Å². The topological polar surface area (TPSA) is 70.8 Å². The summed E-state index contributed by atoms with van der Waals surface area (Å²) >= 11 is 0. The number of hydrogen-bond acceptors (Lipinski definition) is 5. The maximum absolute atomic E-state index is 12.6. The number of nitrogens with zero attached hydrogens (tertiary/aromatic N) is 2. The highest BCUT2D eigenvalue weighted by Crippen LogP contribution is 2.35. The minimum Gasteiger partial charge on any atom is -0.378 e. The van der Waals surface area contributed by atoms with Crippen LogP contribution >= 0.6 is 0 Å². The highest BCUT2D eigenvalue weighted by Gasteiger charge is 2.30. The summed E-state index contributed by atoms with van der Waals surface area (Å²) in [5.74, 6) is -0.0777. The van der Waals surface area contributed by atoms with Crippen LogP contribution in [0.1, 0.15) is 5.56 Å². The molecule has 2 aliphatic rings. The molecule has 1 fully saturated rings. The molecule has 0 atom stereocenters. The van der Waals surface area contributed by atoms with Gasteiger partial charge in [0.1, 0.15) is 0 Å². The van der Waals surface area contributed by atoms with E-state index in [4.69, 9.17) is 10.5 Å². The number of amides is 1. The van der Waals surface area contributed by atoms with E-state index in [0.29, 0.717) is 5.57 Å². The molecular formula is C20H22N4O2. The number of benzene rings is 2. The smallest absolute Gasteiger partial charge is 0.261 e. The summed E-state index contributed by atoms with van der Waals surface area (Å²) in [5, 5.41) is 3.24. The second-order valence-electron chi connectivity index (χ2n) is 6.28. The maximum atomic E-state index is 12.6. The molecule has 6 nitrogen and oxygen atoms in total. The van der Waals surface area contributed by atoms with Crippen molar-refractivity contribution in [2.75, 3.05) is 48.1 Å². The number of nitrogens with one attached hydrogen (secondary N) is 1. The van der Waals surface area contributed by atoms with Gasteiger partial charge < -0.3 is 20.7 Å². The lowest BCUT2D eigenvalue weighted by Crippen LogP contribution is -2.36. The van der Waals surface area contributed by atoms with E-state index in [-0.39, 0.29) is 12.6 Å². The molecule has 1 amide bonds. The van der Waals surface area contributed by atoms with Gasteiger partial charge in [0.05, 0.1) is 31.1 Å². The molecule has 0 unspecified atom stereocenters. The fourth-order valence-electron chi connectivity index (χ4n) is 3.37. The predicted molar refractivity (Wildman–Crippen MR) is 104 cm³/mol. The fraction of sp³-hybridized carbons (Fsp3) is 0.250. The third kappa shape index (κ3) is 3.05. The molecule has 0 saturated carbocycles. The minimum atomic E-state index is -0.0777. The summed E-state index contributed by atoms with van der Waals surface area (Å²) in [6.45, 7) is 3.53. The Morgan fingerprint density at radius 3 is 2.54 bits per heavy atom. The van der Waals surface area contributed by atoms with Gasteiger partial charge in [-0.15, -0.1) is 0 Å². The molecular weight excluding hydrogens is 328 g/mol. The molecule has 2 heterocycles. The summed E-state index contributed by atoms with van der Waals surface area (Å²) in [6.07, 6.45) is 1.76. The predicted octanol–water partition coefficient (Wildman–Crippen LogP) is 2.24. The normalized spacial score (nSPS) is 18.3. The average Bonchev–Trinajstić information content (AvgIpc) is 2.98. The number of anilines is 3. The Balaban J connectivity index is 1.52. The molecule has 0 spiro atoms. The van der Waals surface area contributed by atoms with Crippen LogP contribution in [0.3, 0.4) is 0 Å². The van der Waals surface area contributed by atoms with Crippen molar-refractivity contribution in [2.45, 2.75) is 0 Å². The summed E-state index contributed by atoms with van der Waals surface area (Å²) < 4.78 is 5.39. The second kappa shape index (κ2) is 7.19. The highest BCUT2D eigenvalue weighted by molar-refractivity contribution is 6.32. The van der Waals surface area contributed by atoms with E-state index < -0.39 is 0 Å². The van der Waals surface area contributed by atoms with Crippen LogP contribution in [0.5, 0.6) is 0 Å². The first-order valence-electron chi connectivity index (χ1n) is 8.79. The standard InChI is InChI=1S/C20H22N4O2/c21-14-24-19-4-2-1-3-17(19)18(20(24)25)13-22-15-5-7-16(8-6-15)23-9-11-26-12-10-23/h1-8,13,22H,9-12,14,21H2. The van der Waals surface area contributed by atoms with Gasteiger partial charge in [0.25, 0.3) is 5.91 Å². The minimum absolute atomic E-state index is 0.0777. The van der Waals surface area contributed by atoms with Gasteiger partial charge in [-0.05, 0) is 30.3 Å². The number of nitrogens with two attached hydrogens (primary N) is 1. The molecule has 4 rings (SSSR count). The van der Waals surface area contributed by atoms with E-state index in [1.165, 1.54) is 5.69 Å². The maximum Gasteiger partial charge on any atom is 0.261 e. The molecule has 2 aliphatic heterocycles. The van der Waals surface area contributed by atoms with Gasteiger partial charge in [-0.3, -0.25) is 9.69 Å². The lowest BCUT2D eigenvalue weighted by Gasteiger charge is -2.28. The fourth-order valence-corrected chi connectivity index (χ4v) is 3.37. The van der Waals surface area contributed by atoms with Gasteiger partial charge in [0, 0.05) is 36.2 Å². The number of hydrogen-bond donors (Lipinski definition) is 2. The van der Waals surface area contributed by atoms with Crippen LogP contribution in [0.15, 0.2) is 54.7 Å². The van der Waals surface area contributed by atoms with Gasteiger partial charge in [0.2, 0.25) is 0 Å². The highest BCUT2D eigenvalue weighted by atomic mass is 16.5. The number of para-hydroxylation sites is 1.